The number of phenolic OH excluding ortho intramolecular Hbond substituents is 1. The maximum absolute atomic E-state index is 10.2. The molecule has 2 aromatic carbocycles. The minimum absolute atomic E-state index is 0.0668. The monoisotopic (exact) mass is 420 g/mol. The Morgan fingerprint density at radius 1 is 1.04 bits per heavy atom. The van der Waals surface area contributed by atoms with Gasteiger partial charge in [0, 0.05) is 10.6 Å². The molecule has 0 aliphatic heterocycles. The van der Waals surface area contributed by atoms with Gasteiger partial charge in [0.1, 0.15) is 16.8 Å². The Labute approximate surface area is 176 Å². The van der Waals surface area contributed by atoms with E-state index in [9.17, 15) is 5.11 Å². The molecule has 0 amide bonds. The quantitative estimate of drug-likeness (QED) is 0.261. The summed E-state index contributed by atoms with van der Waals surface area (Å²) in [5.41, 5.74) is 2.93. The molecule has 1 heterocycles. The van der Waals surface area contributed by atoms with Crippen molar-refractivity contribution in [3.05, 3.63) is 52.0 Å². The molecule has 28 heavy (non-hydrogen) atoms. The summed E-state index contributed by atoms with van der Waals surface area (Å²) in [5.74, 6) is 0.988. The van der Waals surface area contributed by atoms with Crippen LogP contribution in [-0.4, -0.2) is 10.1 Å². The summed E-state index contributed by atoms with van der Waals surface area (Å²) >= 11 is 12.1. The van der Waals surface area contributed by atoms with Crippen LogP contribution in [0.25, 0.3) is 11.0 Å². The second kappa shape index (κ2) is 10.0. The summed E-state index contributed by atoms with van der Waals surface area (Å²) in [6.07, 6.45) is 7.56. The molecular weight excluding hydrogens is 393 g/mol. The van der Waals surface area contributed by atoms with Gasteiger partial charge in [-0.05, 0) is 30.7 Å². The normalized spacial score (nSPS) is 11.2. The van der Waals surface area contributed by atoms with E-state index in [4.69, 9.17) is 23.2 Å². The van der Waals surface area contributed by atoms with Gasteiger partial charge in [-0.1, -0.05) is 74.4 Å². The highest BCUT2D eigenvalue weighted by Crippen LogP contribution is 2.31. The van der Waals surface area contributed by atoms with E-state index in [-0.39, 0.29) is 10.8 Å². The summed E-state index contributed by atoms with van der Waals surface area (Å²) in [5, 5.41) is 14.4. The van der Waals surface area contributed by atoms with E-state index in [1.165, 1.54) is 37.6 Å². The molecule has 4 nitrogen and oxygen atoms in total. The topological polar surface area (TPSA) is 51.9 Å². The molecule has 0 aliphatic carbocycles. The van der Waals surface area contributed by atoms with Gasteiger partial charge in [0.2, 0.25) is 0 Å². The number of nitrogens with one attached hydrogen (secondary N) is 2. The molecule has 0 saturated heterocycles. The molecule has 0 spiro atoms. The van der Waals surface area contributed by atoms with E-state index < -0.39 is 0 Å². The first kappa shape index (κ1) is 20.8. The van der Waals surface area contributed by atoms with Gasteiger partial charge in [0.15, 0.2) is 0 Å². The van der Waals surface area contributed by atoms with Gasteiger partial charge in [0.05, 0.1) is 18.1 Å². The third kappa shape index (κ3) is 5.12. The number of aromatic nitrogens is 2. The van der Waals surface area contributed by atoms with Gasteiger partial charge in [0.25, 0.3) is 0 Å². The molecule has 0 saturated carbocycles. The smallest absolute Gasteiger partial charge is 0.356 e. The number of halogens is 2. The number of unbranched alkanes of at least 4 members (excludes halogenated alkanes) is 5. The molecule has 3 N–H and O–H groups in total. The molecule has 0 fully saturated rings. The number of hydrogen-bond donors (Lipinski definition) is 3. The zero-order valence-electron chi connectivity index (χ0n) is 16.3. The van der Waals surface area contributed by atoms with Crippen LogP contribution in [0.15, 0.2) is 36.4 Å². The minimum atomic E-state index is 0.0668. The Bertz CT molecular complexity index is 924. The van der Waals surface area contributed by atoms with E-state index in [0.29, 0.717) is 17.1 Å². The van der Waals surface area contributed by atoms with Gasteiger partial charge in [-0.2, -0.15) is 0 Å². The Hall–Kier alpha value is -1.91. The average Bonchev–Trinajstić information content (AvgIpc) is 3.04. The van der Waals surface area contributed by atoms with Crippen LogP contribution in [0.1, 0.15) is 51.0 Å². The predicted octanol–water partition coefficient (Wildman–Crippen LogP) is 6.44. The molecule has 0 atom stereocenters. The summed E-state index contributed by atoms with van der Waals surface area (Å²) in [6, 6.07) is 11.6. The van der Waals surface area contributed by atoms with E-state index in [2.05, 4.69) is 40.0 Å². The lowest BCUT2D eigenvalue weighted by molar-refractivity contribution is -0.657. The van der Waals surface area contributed by atoms with Crippen LogP contribution in [0.5, 0.6) is 5.75 Å². The molecule has 0 bridgehead atoms. The number of rotatable bonds is 10. The number of aromatic amines is 1. The summed E-state index contributed by atoms with van der Waals surface area (Å²) in [6.45, 7) is 3.61. The second-order valence-electron chi connectivity index (χ2n) is 7.16. The number of imidazole rings is 1. The Balaban J connectivity index is 1.73. The lowest BCUT2D eigenvalue weighted by Crippen LogP contribution is -2.36. The lowest BCUT2D eigenvalue weighted by atomic mass is 10.1. The Kier molecular flexibility index (Phi) is 7.46. The number of phenols is 1. The summed E-state index contributed by atoms with van der Waals surface area (Å²) < 4.78 is 2.28. The maximum atomic E-state index is 10.2. The highest BCUT2D eigenvalue weighted by atomic mass is 35.5. The van der Waals surface area contributed by atoms with Crippen LogP contribution >= 0.6 is 23.2 Å². The molecule has 0 unspecified atom stereocenters. The number of anilines is 1. The fourth-order valence-electron chi connectivity index (χ4n) is 3.49. The molecular formula is C22H28Cl2N3O+. The first-order valence-corrected chi connectivity index (χ1v) is 10.8. The SMILES string of the molecule is CCCCCCCC[n+]1c(NCc2cc(Cl)cc(Cl)c2O)[nH]c2ccccc21. The third-order valence-corrected chi connectivity index (χ3v) is 5.51. The maximum Gasteiger partial charge on any atom is 0.356 e. The molecule has 150 valence electrons. The third-order valence-electron chi connectivity index (χ3n) is 5.01. The van der Waals surface area contributed by atoms with Crippen molar-refractivity contribution in [2.45, 2.75) is 58.5 Å². The van der Waals surface area contributed by atoms with Gasteiger partial charge in [-0.15, -0.1) is 0 Å². The van der Waals surface area contributed by atoms with Crippen molar-refractivity contribution in [1.29, 1.82) is 0 Å². The fourth-order valence-corrected chi connectivity index (χ4v) is 4.02. The average molecular weight is 421 g/mol. The van der Waals surface area contributed by atoms with Crippen molar-refractivity contribution in [3.8, 4) is 5.75 Å². The number of fused-ring (bicyclic) bond motifs is 1. The van der Waals surface area contributed by atoms with Crippen LogP contribution in [0, 0.1) is 0 Å². The number of hydrogen-bond acceptors (Lipinski definition) is 2. The van der Waals surface area contributed by atoms with Crippen molar-refractivity contribution in [1.82, 2.24) is 4.98 Å². The van der Waals surface area contributed by atoms with E-state index >= 15 is 0 Å². The highest BCUT2D eigenvalue weighted by Gasteiger charge is 2.18. The second-order valence-corrected chi connectivity index (χ2v) is 8.00. The van der Waals surface area contributed by atoms with Crippen molar-refractivity contribution in [2.24, 2.45) is 0 Å². The Morgan fingerprint density at radius 3 is 2.61 bits per heavy atom. The largest absolute Gasteiger partial charge is 0.506 e. The molecule has 0 radical (unpaired) electrons. The highest BCUT2D eigenvalue weighted by molar-refractivity contribution is 6.35. The molecule has 1 aromatic heterocycles. The van der Waals surface area contributed by atoms with Crippen LogP contribution in [0.2, 0.25) is 10.0 Å². The van der Waals surface area contributed by atoms with Crippen molar-refractivity contribution >= 4 is 40.2 Å². The standard InChI is InChI=1S/C22H27Cl2N3O/c1-2-3-4-5-6-9-12-27-20-11-8-7-10-19(20)26-22(27)25-15-16-13-17(23)14-18(24)21(16)28/h7-8,10-11,13-14H,2-6,9,12,15H2,1H3,(H2,25,26,28)/p+1. The van der Waals surface area contributed by atoms with Gasteiger partial charge in [-0.25, -0.2) is 9.55 Å². The number of aromatic hydroxyl groups is 1. The minimum Gasteiger partial charge on any atom is -0.506 e. The van der Waals surface area contributed by atoms with Gasteiger partial charge >= 0.3 is 5.95 Å². The predicted molar refractivity (Wildman–Crippen MR) is 117 cm³/mol. The van der Waals surface area contributed by atoms with E-state index in [0.717, 1.165) is 24.4 Å². The van der Waals surface area contributed by atoms with Gasteiger partial charge in [-0.3, -0.25) is 5.32 Å². The number of para-hydroxylation sites is 2. The summed E-state index contributed by atoms with van der Waals surface area (Å²) in [4.78, 5) is 3.45. The van der Waals surface area contributed by atoms with Gasteiger partial charge < -0.3 is 5.11 Å². The Morgan fingerprint density at radius 2 is 1.79 bits per heavy atom. The zero-order chi connectivity index (χ0) is 19.9. The van der Waals surface area contributed by atoms with Crippen LogP contribution in [0.4, 0.5) is 5.95 Å². The van der Waals surface area contributed by atoms with Crippen LogP contribution in [-0.2, 0) is 13.1 Å². The van der Waals surface area contributed by atoms with E-state index in [1.54, 1.807) is 12.1 Å². The fraction of sp³-hybridized carbons (Fsp3) is 0.409. The molecule has 3 aromatic rings. The van der Waals surface area contributed by atoms with Crippen LogP contribution < -0.4 is 9.88 Å². The van der Waals surface area contributed by atoms with Crippen molar-refractivity contribution < 1.29 is 9.67 Å². The zero-order valence-corrected chi connectivity index (χ0v) is 17.8. The summed E-state index contributed by atoms with van der Waals surface area (Å²) in [7, 11) is 0. The van der Waals surface area contributed by atoms with Crippen molar-refractivity contribution in [2.75, 3.05) is 5.32 Å². The lowest BCUT2D eigenvalue weighted by Gasteiger charge is -2.08. The first-order valence-electron chi connectivity index (χ1n) is 10.0. The number of benzene rings is 2. The number of nitrogens with zero attached hydrogens (tertiary/aromatic N) is 1. The number of aryl methyl sites for hydroxylation is 1. The molecule has 0 aliphatic rings. The number of H-pyrrole nitrogens is 1. The first-order chi connectivity index (χ1) is 13.6. The van der Waals surface area contributed by atoms with Crippen LogP contribution in [0.3, 0.4) is 0 Å². The molecule has 6 heteroatoms. The molecule has 3 rings (SSSR count). The van der Waals surface area contributed by atoms with E-state index in [1.807, 2.05) is 6.07 Å². The van der Waals surface area contributed by atoms with Crippen molar-refractivity contribution in [3.63, 3.8) is 0 Å².